The second kappa shape index (κ2) is 10.1. The number of piperazine rings is 1. The van der Waals surface area contributed by atoms with Gasteiger partial charge in [0.25, 0.3) is 0 Å². The van der Waals surface area contributed by atoms with Crippen molar-refractivity contribution in [3.05, 3.63) is 16.5 Å². The zero-order valence-corrected chi connectivity index (χ0v) is 17.7. The molecule has 0 radical (unpaired) electrons. The number of nitrogens with zero attached hydrogens (tertiary/aromatic N) is 3. The number of nitrogens with one attached hydrogen (secondary N) is 2. The predicted octanol–water partition coefficient (Wildman–Crippen LogP) is 1.03. The number of rotatable bonds is 6. The van der Waals surface area contributed by atoms with Crippen molar-refractivity contribution >= 4 is 45.0 Å². The molecule has 0 saturated carbocycles. The average Bonchev–Trinajstić information content (AvgIpc) is 3.10. The Labute approximate surface area is 168 Å². The van der Waals surface area contributed by atoms with E-state index in [1.165, 1.54) is 6.07 Å². The summed E-state index contributed by atoms with van der Waals surface area (Å²) < 4.78 is 32.4. The second-order valence-electron chi connectivity index (χ2n) is 5.60. The van der Waals surface area contributed by atoms with Crippen LogP contribution in [0.5, 0.6) is 0 Å². The van der Waals surface area contributed by atoms with E-state index in [0.29, 0.717) is 49.6 Å². The van der Waals surface area contributed by atoms with Crippen molar-refractivity contribution in [3.8, 4) is 0 Å². The van der Waals surface area contributed by atoms with Gasteiger partial charge in [0.05, 0.1) is 10.9 Å². The van der Waals surface area contributed by atoms with E-state index in [9.17, 15) is 13.2 Å². The Morgan fingerprint density at radius 2 is 1.93 bits per heavy atom. The average molecular weight is 438 g/mol. The topological polar surface area (TPSA) is 103 Å². The van der Waals surface area contributed by atoms with Crippen LogP contribution in [0.3, 0.4) is 0 Å². The monoisotopic (exact) mass is 437 g/mol. The maximum Gasteiger partial charge on any atom is 0.409 e. The van der Waals surface area contributed by atoms with Crippen molar-refractivity contribution in [3.63, 3.8) is 0 Å². The molecule has 1 aromatic heterocycles. The minimum absolute atomic E-state index is 0.187. The first-order valence-electron chi connectivity index (χ1n) is 8.49. The van der Waals surface area contributed by atoms with Gasteiger partial charge in [0.15, 0.2) is 5.96 Å². The summed E-state index contributed by atoms with van der Waals surface area (Å²) in [6.07, 6.45) is -0.303. The van der Waals surface area contributed by atoms with Crippen molar-refractivity contribution in [2.75, 3.05) is 52.9 Å². The molecule has 1 fully saturated rings. The van der Waals surface area contributed by atoms with Crippen LogP contribution in [0.15, 0.2) is 21.3 Å². The van der Waals surface area contributed by atoms with Crippen LogP contribution in [-0.4, -0.2) is 83.2 Å². The molecule has 27 heavy (non-hydrogen) atoms. The molecule has 1 aliphatic rings. The third kappa shape index (κ3) is 6.23. The van der Waals surface area contributed by atoms with E-state index in [-0.39, 0.29) is 16.8 Å². The molecule has 2 rings (SSSR count). The molecule has 1 aromatic rings. The fourth-order valence-electron chi connectivity index (χ4n) is 2.52. The molecule has 1 aliphatic heterocycles. The molecule has 1 saturated heterocycles. The molecule has 12 heteroatoms. The molecule has 0 aromatic carbocycles. The van der Waals surface area contributed by atoms with Gasteiger partial charge in [-0.05, 0) is 19.1 Å². The summed E-state index contributed by atoms with van der Waals surface area (Å²) in [7, 11) is -1.89. The summed E-state index contributed by atoms with van der Waals surface area (Å²) in [6.45, 7) is 5.06. The highest BCUT2D eigenvalue weighted by Gasteiger charge is 2.23. The lowest BCUT2D eigenvalue weighted by Gasteiger charge is -2.35. The fraction of sp³-hybridized carbons (Fsp3) is 0.600. The van der Waals surface area contributed by atoms with Crippen LogP contribution in [0, 0.1) is 0 Å². The number of aliphatic imine (C=N–C) groups is 1. The van der Waals surface area contributed by atoms with Crippen molar-refractivity contribution in [1.82, 2.24) is 19.8 Å². The number of carbonyl (C=O) groups is 1. The Balaban J connectivity index is 1.76. The molecule has 0 bridgehead atoms. The summed E-state index contributed by atoms with van der Waals surface area (Å²) in [6, 6.07) is 3.03. The summed E-state index contributed by atoms with van der Waals surface area (Å²) in [5.41, 5.74) is 0. The summed E-state index contributed by atoms with van der Waals surface area (Å²) >= 11 is 6.79. The lowest BCUT2D eigenvalue weighted by molar-refractivity contribution is 0.0915. The molecule has 1 amide bonds. The maximum atomic E-state index is 12.1. The molecule has 0 spiro atoms. The van der Waals surface area contributed by atoms with Gasteiger partial charge in [0.1, 0.15) is 4.21 Å². The van der Waals surface area contributed by atoms with Crippen molar-refractivity contribution in [2.45, 2.75) is 11.1 Å². The highest BCUT2D eigenvalue weighted by molar-refractivity contribution is 7.91. The number of hydrogen-bond donors (Lipinski definition) is 2. The number of halogens is 1. The smallest absolute Gasteiger partial charge is 0.409 e. The number of thiophene rings is 1. The molecule has 0 aliphatic carbocycles. The van der Waals surface area contributed by atoms with E-state index < -0.39 is 10.0 Å². The Kier molecular flexibility index (Phi) is 8.14. The third-order valence-electron chi connectivity index (χ3n) is 3.83. The Morgan fingerprint density at radius 3 is 2.48 bits per heavy atom. The minimum atomic E-state index is -3.56. The third-order valence-corrected chi connectivity index (χ3v) is 7.01. The van der Waals surface area contributed by atoms with E-state index in [2.05, 4.69) is 15.0 Å². The number of amides is 1. The molecule has 9 nitrogen and oxygen atoms in total. The molecule has 2 heterocycles. The fourth-order valence-corrected chi connectivity index (χ4v) is 5.08. The zero-order chi connectivity index (χ0) is 19.9. The van der Waals surface area contributed by atoms with Crippen molar-refractivity contribution < 1.29 is 17.9 Å². The minimum Gasteiger partial charge on any atom is -0.450 e. The first kappa shape index (κ1) is 21.7. The highest BCUT2D eigenvalue weighted by Crippen LogP contribution is 2.25. The maximum absolute atomic E-state index is 12.1. The van der Waals surface area contributed by atoms with E-state index in [4.69, 9.17) is 16.3 Å². The highest BCUT2D eigenvalue weighted by atomic mass is 35.5. The Bertz CT molecular complexity index is 760. The van der Waals surface area contributed by atoms with E-state index in [1.807, 2.05) is 4.90 Å². The van der Waals surface area contributed by atoms with Crippen molar-refractivity contribution in [2.24, 2.45) is 4.99 Å². The molecular formula is C15H24ClN5O4S2. The van der Waals surface area contributed by atoms with Crippen LogP contribution in [0.4, 0.5) is 4.79 Å². The Hall–Kier alpha value is -1.56. The van der Waals surface area contributed by atoms with Crippen LogP contribution in [0.2, 0.25) is 4.34 Å². The molecule has 152 valence electrons. The van der Waals surface area contributed by atoms with E-state index in [0.717, 1.165) is 11.3 Å². The number of hydrogen-bond acceptors (Lipinski definition) is 6. The first-order chi connectivity index (χ1) is 12.9. The second-order valence-corrected chi connectivity index (χ2v) is 9.31. The van der Waals surface area contributed by atoms with Gasteiger partial charge in [-0.15, -0.1) is 11.3 Å². The normalized spacial score (nSPS) is 15.7. The van der Waals surface area contributed by atoms with Gasteiger partial charge in [-0.1, -0.05) is 11.6 Å². The SMILES string of the molecule is CCOC(=O)N1CCN(C(=NC)NCCNS(=O)(=O)c2ccc(Cl)s2)CC1. The standard InChI is InChI=1S/C15H24ClN5O4S2/c1-3-25-15(22)21-10-8-20(9-11-21)14(17-2)18-6-7-19-27(23,24)13-5-4-12(16)26-13/h4-5,19H,3,6-11H2,1-2H3,(H,17,18). The summed E-state index contributed by atoms with van der Waals surface area (Å²) in [5, 5.41) is 3.13. The van der Waals surface area contributed by atoms with E-state index in [1.54, 1.807) is 24.9 Å². The van der Waals surface area contributed by atoms with Crippen LogP contribution >= 0.6 is 22.9 Å². The van der Waals surface area contributed by atoms with Gasteiger partial charge >= 0.3 is 6.09 Å². The number of ether oxygens (including phenoxy) is 1. The number of carbonyl (C=O) groups excluding carboxylic acids is 1. The summed E-state index contributed by atoms with van der Waals surface area (Å²) in [5.74, 6) is 0.664. The van der Waals surface area contributed by atoms with Gasteiger partial charge in [0, 0.05) is 46.3 Å². The summed E-state index contributed by atoms with van der Waals surface area (Å²) in [4.78, 5) is 19.6. The first-order valence-corrected chi connectivity index (χ1v) is 11.2. The van der Waals surface area contributed by atoms with Gasteiger partial charge in [-0.3, -0.25) is 4.99 Å². The van der Waals surface area contributed by atoms with Crippen LogP contribution < -0.4 is 10.0 Å². The van der Waals surface area contributed by atoms with Gasteiger partial charge in [-0.2, -0.15) is 0 Å². The van der Waals surface area contributed by atoms with Crippen LogP contribution in [0.25, 0.3) is 0 Å². The zero-order valence-electron chi connectivity index (χ0n) is 15.3. The number of guanidine groups is 1. The van der Waals surface area contributed by atoms with Crippen LogP contribution in [0.1, 0.15) is 6.92 Å². The molecule has 0 atom stereocenters. The predicted molar refractivity (Wildman–Crippen MR) is 106 cm³/mol. The molecular weight excluding hydrogens is 414 g/mol. The lowest BCUT2D eigenvalue weighted by atomic mass is 10.3. The quantitative estimate of drug-likeness (QED) is 0.391. The lowest BCUT2D eigenvalue weighted by Crippen LogP contribution is -2.54. The van der Waals surface area contributed by atoms with Crippen LogP contribution in [-0.2, 0) is 14.8 Å². The van der Waals surface area contributed by atoms with Crippen molar-refractivity contribution in [1.29, 1.82) is 0 Å². The Morgan fingerprint density at radius 1 is 1.26 bits per heavy atom. The number of sulfonamides is 1. The van der Waals surface area contributed by atoms with E-state index >= 15 is 0 Å². The molecule has 0 unspecified atom stereocenters. The largest absolute Gasteiger partial charge is 0.450 e. The van der Waals surface area contributed by atoms with Gasteiger partial charge in [0.2, 0.25) is 10.0 Å². The molecule has 2 N–H and O–H groups in total. The van der Waals surface area contributed by atoms with Gasteiger partial charge < -0.3 is 19.9 Å². The van der Waals surface area contributed by atoms with Gasteiger partial charge in [-0.25, -0.2) is 17.9 Å².